The van der Waals surface area contributed by atoms with E-state index >= 15 is 0 Å². The van der Waals surface area contributed by atoms with Crippen LogP contribution < -0.4 is 5.32 Å². The normalized spacial score (nSPS) is 12.4. The fourth-order valence-electron chi connectivity index (χ4n) is 4.67. The number of aliphatic carboxylic acids is 1. The van der Waals surface area contributed by atoms with Crippen molar-refractivity contribution in [2.45, 2.75) is 162 Å². The molecule has 0 rings (SSSR count). The minimum Gasteiger partial charge on any atom is -0.480 e. The smallest absolute Gasteiger partial charge is 0.322 e. The molecular formula is C33H61NO5. The Morgan fingerprint density at radius 1 is 0.667 bits per heavy atom. The van der Waals surface area contributed by atoms with Crippen LogP contribution in [0.15, 0.2) is 12.2 Å². The molecule has 228 valence electrons. The highest BCUT2D eigenvalue weighted by Gasteiger charge is 2.18. The van der Waals surface area contributed by atoms with Gasteiger partial charge in [0.15, 0.2) is 0 Å². The third kappa shape index (κ3) is 29.0. The predicted molar refractivity (Wildman–Crippen MR) is 162 cm³/mol. The minimum absolute atomic E-state index is 0.0158. The van der Waals surface area contributed by atoms with Crippen molar-refractivity contribution in [1.29, 1.82) is 0 Å². The van der Waals surface area contributed by atoms with Crippen LogP contribution in [-0.4, -0.2) is 35.6 Å². The first-order valence-corrected chi connectivity index (χ1v) is 16.0. The molecule has 6 nitrogen and oxygen atoms in total. The number of amides is 1. The summed E-state index contributed by atoms with van der Waals surface area (Å²) in [6.45, 7) is 8.68. The molecule has 0 aromatic rings. The number of hydrogen-bond acceptors (Lipinski definition) is 4. The lowest BCUT2D eigenvalue weighted by atomic mass is 10.0. The first-order valence-electron chi connectivity index (χ1n) is 16.0. The van der Waals surface area contributed by atoms with Crippen molar-refractivity contribution in [3.8, 4) is 0 Å². The molecule has 0 bridgehead atoms. The number of carboxylic acid groups (broad SMARTS) is 1. The van der Waals surface area contributed by atoms with Gasteiger partial charge in [-0.15, -0.1) is 0 Å². The molecule has 0 aliphatic rings. The van der Waals surface area contributed by atoms with E-state index < -0.39 is 18.6 Å². The average Bonchev–Trinajstić information content (AvgIpc) is 2.86. The number of allylic oxidation sites excluding steroid dienone is 2. The molecule has 0 aromatic heterocycles. The van der Waals surface area contributed by atoms with Crippen LogP contribution in [-0.2, 0) is 19.1 Å². The van der Waals surface area contributed by atoms with Gasteiger partial charge in [0.05, 0.1) is 6.42 Å². The zero-order chi connectivity index (χ0) is 29.1. The number of esters is 1. The number of hydrogen-bond donors (Lipinski definition) is 2. The third-order valence-corrected chi connectivity index (χ3v) is 7.04. The van der Waals surface area contributed by atoms with Crippen molar-refractivity contribution >= 4 is 17.8 Å². The Labute approximate surface area is 240 Å². The molecule has 1 amide bonds. The van der Waals surface area contributed by atoms with Gasteiger partial charge in [0.25, 0.3) is 0 Å². The zero-order valence-corrected chi connectivity index (χ0v) is 25.8. The number of carbonyl (C=O) groups is 3. The van der Waals surface area contributed by atoms with E-state index in [-0.39, 0.29) is 18.3 Å². The van der Waals surface area contributed by atoms with Gasteiger partial charge in [-0.1, -0.05) is 123 Å². The van der Waals surface area contributed by atoms with Crippen LogP contribution in [0.25, 0.3) is 0 Å². The van der Waals surface area contributed by atoms with Crippen LogP contribution in [0.3, 0.4) is 0 Å². The van der Waals surface area contributed by atoms with Crippen molar-refractivity contribution in [1.82, 2.24) is 5.32 Å². The van der Waals surface area contributed by atoms with Gasteiger partial charge in [-0.05, 0) is 43.9 Å². The number of carbonyl (C=O) groups excluding carboxylic acids is 2. The molecule has 6 heteroatoms. The van der Waals surface area contributed by atoms with Crippen molar-refractivity contribution in [2.75, 3.05) is 6.54 Å². The molecule has 1 unspecified atom stereocenters. The molecule has 0 heterocycles. The van der Waals surface area contributed by atoms with Gasteiger partial charge in [0, 0.05) is 6.42 Å². The largest absolute Gasteiger partial charge is 0.480 e. The van der Waals surface area contributed by atoms with E-state index in [0.717, 1.165) is 37.5 Å². The molecule has 1 atom stereocenters. The van der Waals surface area contributed by atoms with E-state index in [1.165, 1.54) is 77.0 Å². The first-order chi connectivity index (χ1) is 18.7. The summed E-state index contributed by atoms with van der Waals surface area (Å²) in [6, 6.07) is 0. The summed E-state index contributed by atoms with van der Waals surface area (Å²) in [5.74, 6) is -0.173. The summed E-state index contributed by atoms with van der Waals surface area (Å²) in [4.78, 5) is 35.3. The fourth-order valence-corrected chi connectivity index (χ4v) is 4.67. The second-order valence-corrected chi connectivity index (χ2v) is 12.0. The maximum Gasteiger partial charge on any atom is 0.322 e. The number of carboxylic acids is 1. The SMILES string of the molecule is CC(C)CCCCCCCC=CCCC(=O)OC(CCCCCCCCCCC(C)C)CC(=O)NCC(=O)O. The number of unbranched alkanes of at least 4 members (excludes halogenated alkanes) is 12. The summed E-state index contributed by atoms with van der Waals surface area (Å²) < 4.78 is 5.64. The summed E-state index contributed by atoms with van der Waals surface area (Å²) in [7, 11) is 0. The highest BCUT2D eigenvalue weighted by molar-refractivity contribution is 5.81. The van der Waals surface area contributed by atoms with Crippen molar-refractivity contribution in [3.63, 3.8) is 0 Å². The van der Waals surface area contributed by atoms with Crippen LogP contribution in [0.4, 0.5) is 0 Å². The predicted octanol–water partition coefficient (Wildman–Crippen LogP) is 8.77. The summed E-state index contributed by atoms with van der Waals surface area (Å²) in [5.41, 5.74) is 0. The quantitative estimate of drug-likeness (QED) is 0.0604. The second-order valence-electron chi connectivity index (χ2n) is 12.0. The summed E-state index contributed by atoms with van der Waals surface area (Å²) in [6.07, 6.45) is 24.9. The van der Waals surface area contributed by atoms with Gasteiger partial charge < -0.3 is 15.2 Å². The van der Waals surface area contributed by atoms with E-state index in [9.17, 15) is 14.4 Å². The minimum atomic E-state index is -1.08. The van der Waals surface area contributed by atoms with Gasteiger partial charge in [-0.25, -0.2) is 0 Å². The highest BCUT2D eigenvalue weighted by Crippen LogP contribution is 2.16. The molecule has 39 heavy (non-hydrogen) atoms. The molecular weight excluding hydrogens is 490 g/mol. The topological polar surface area (TPSA) is 92.7 Å². The number of rotatable bonds is 27. The summed E-state index contributed by atoms with van der Waals surface area (Å²) in [5, 5.41) is 11.2. The third-order valence-electron chi connectivity index (χ3n) is 7.04. The van der Waals surface area contributed by atoms with E-state index in [1.54, 1.807) is 0 Å². The average molecular weight is 552 g/mol. The Morgan fingerprint density at radius 2 is 1.13 bits per heavy atom. The highest BCUT2D eigenvalue weighted by atomic mass is 16.5. The van der Waals surface area contributed by atoms with Gasteiger partial charge >= 0.3 is 11.9 Å². The Hall–Kier alpha value is -1.85. The molecule has 2 N–H and O–H groups in total. The van der Waals surface area contributed by atoms with Crippen LogP contribution in [0.5, 0.6) is 0 Å². The van der Waals surface area contributed by atoms with Crippen LogP contribution in [0.1, 0.15) is 156 Å². The van der Waals surface area contributed by atoms with E-state index in [2.05, 4.69) is 45.2 Å². The second kappa shape index (κ2) is 26.4. The number of nitrogens with one attached hydrogen (secondary N) is 1. The lowest BCUT2D eigenvalue weighted by Crippen LogP contribution is -2.33. The number of ether oxygens (including phenoxy) is 1. The summed E-state index contributed by atoms with van der Waals surface area (Å²) >= 11 is 0. The van der Waals surface area contributed by atoms with E-state index in [1.807, 2.05) is 0 Å². The van der Waals surface area contributed by atoms with E-state index in [4.69, 9.17) is 9.84 Å². The molecule has 0 aromatic carbocycles. The molecule has 0 fully saturated rings. The molecule has 0 spiro atoms. The zero-order valence-electron chi connectivity index (χ0n) is 25.8. The van der Waals surface area contributed by atoms with Gasteiger partial charge in [-0.2, -0.15) is 0 Å². The van der Waals surface area contributed by atoms with Crippen LogP contribution in [0, 0.1) is 11.8 Å². The van der Waals surface area contributed by atoms with Crippen molar-refractivity contribution in [3.05, 3.63) is 12.2 Å². The Bertz CT molecular complexity index is 644. The van der Waals surface area contributed by atoms with Gasteiger partial charge in [-0.3, -0.25) is 14.4 Å². The maximum absolute atomic E-state index is 12.4. The van der Waals surface area contributed by atoms with Crippen LogP contribution in [0.2, 0.25) is 0 Å². The molecule has 0 radical (unpaired) electrons. The Morgan fingerprint density at radius 3 is 1.64 bits per heavy atom. The van der Waals surface area contributed by atoms with Crippen LogP contribution >= 0.6 is 0 Å². The van der Waals surface area contributed by atoms with E-state index in [0.29, 0.717) is 19.3 Å². The molecule has 0 aliphatic carbocycles. The molecule has 0 saturated carbocycles. The Kier molecular flexibility index (Phi) is 25.1. The van der Waals surface area contributed by atoms with Gasteiger partial charge in [0.2, 0.25) is 5.91 Å². The lowest BCUT2D eigenvalue weighted by molar-refractivity contribution is -0.151. The molecule has 0 aliphatic heterocycles. The standard InChI is InChI=1S/C33H61NO5/c1-28(2)22-18-14-10-6-5-7-13-17-21-25-33(38)39-30(26-31(35)34-27-32(36)37)24-20-16-12-9-8-11-15-19-23-29(3)4/h13,17,28-30H,5-12,14-16,18-27H2,1-4H3,(H,34,35)(H,36,37). The monoisotopic (exact) mass is 551 g/mol. The van der Waals surface area contributed by atoms with Crippen molar-refractivity contribution < 1.29 is 24.2 Å². The van der Waals surface area contributed by atoms with Gasteiger partial charge in [0.1, 0.15) is 12.6 Å². The Balaban J connectivity index is 4.16. The lowest BCUT2D eigenvalue weighted by Gasteiger charge is -2.17. The maximum atomic E-state index is 12.4. The molecule has 0 saturated heterocycles. The first kappa shape index (κ1) is 37.1. The fraction of sp³-hybridized carbons (Fsp3) is 0.848. The van der Waals surface area contributed by atoms with Crippen molar-refractivity contribution in [2.24, 2.45) is 11.8 Å².